The van der Waals surface area contributed by atoms with Gasteiger partial charge in [-0.15, -0.1) is 11.3 Å². The van der Waals surface area contributed by atoms with Gasteiger partial charge in [0.05, 0.1) is 29.6 Å². The molecule has 0 saturated heterocycles. The first kappa shape index (κ1) is 25.3. The van der Waals surface area contributed by atoms with Gasteiger partial charge in [0.25, 0.3) is 5.91 Å². The second-order valence-electron chi connectivity index (χ2n) is 6.91. The molecule has 3 rings (SSSR count). The van der Waals surface area contributed by atoms with Gasteiger partial charge >= 0.3 is 6.18 Å². The van der Waals surface area contributed by atoms with E-state index in [-0.39, 0.29) is 22.9 Å². The van der Waals surface area contributed by atoms with Gasteiger partial charge in [0.2, 0.25) is 0 Å². The van der Waals surface area contributed by atoms with Crippen molar-refractivity contribution in [3.05, 3.63) is 75.5 Å². The van der Waals surface area contributed by atoms with Crippen molar-refractivity contribution in [2.45, 2.75) is 19.6 Å². The summed E-state index contributed by atoms with van der Waals surface area (Å²) in [5.74, 6) is -2.74. The summed E-state index contributed by atoms with van der Waals surface area (Å²) in [5.41, 5.74) is -0.521. The molecule has 1 N–H and O–H groups in total. The van der Waals surface area contributed by atoms with Crippen LogP contribution in [0.2, 0.25) is 0 Å². The molecule has 0 saturated carbocycles. The molecule has 1 unspecified atom stereocenters. The van der Waals surface area contributed by atoms with Gasteiger partial charge in [-0.05, 0) is 60.0 Å². The van der Waals surface area contributed by atoms with Crippen LogP contribution in [0, 0.1) is 24.1 Å². The van der Waals surface area contributed by atoms with E-state index in [1.165, 1.54) is 23.1 Å². The van der Waals surface area contributed by atoms with Crippen LogP contribution < -0.4 is 10.2 Å². The number of thiazole rings is 1. The van der Waals surface area contributed by atoms with Crippen LogP contribution in [0.25, 0.3) is 0 Å². The molecule has 178 valence electrons. The van der Waals surface area contributed by atoms with E-state index in [4.69, 9.17) is 5.26 Å². The lowest BCUT2D eigenvalue weighted by Gasteiger charge is -2.23. The number of benzene rings is 2. The van der Waals surface area contributed by atoms with Crippen LogP contribution in [-0.2, 0) is 23.8 Å². The van der Waals surface area contributed by atoms with Gasteiger partial charge in [-0.1, -0.05) is 6.07 Å². The molecule has 1 heterocycles. The number of halogens is 4. The number of nitrogens with zero attached hydrogens (tertiary/aromatic N) is 3. The SMILES string of the molecule is Cc1sc(N(Cc2ccc(F)c(C(F)(F)F)c2)c2ccc(C#N)cc2)nc1C(=O)NCS(=O)[O-]. The lowest BCUT2D eigenvalue weighted by atomic mass is 10.1. The van der Waals surface area contributed by atoms with E-state index in [9.17, 15) is 31.1 Å². The maximum Gasteiger partial charge on any atom is 0.419 e. The predicted molar refractivity (Wildman–Crippen MR) is 117 cm³/mol. The Balaban J connectivity index is 2.02. The van der Waals surface area contributed by atoms with Gasteiger partial charge < -0.3 is 14.8 Å². The first-order chi connectivity index (χ1) is 16.0. The zero-order chi connectivity index (χ0) is 25.0. The maximum atomic E-state index is 13.7. The molecule has 1 amide bonds. The highest BCUT2D eigenvalue weighted by Gasteiger charge is 2.34. The van der Waals surface area contributed by atoms with E-state index >= 15 is 0 Å². The Morgan fingerprint density at radius 1 is 1.26 bits per heavy atom. The van der Waals surface area contributed by atoms with Gasteiger partial charge in [-0.25, -0.2) is 9.37 Å². The first-order valence-electron chi connectivity index (χ1n) is 9.44. The maximum absolute atomic E-state index is 13.7. The molecule has 34 heavy (non-hydrogen) atoms. The second kappa shape index (κ2) is 10.3. The summed E-state index contributed by atoms with van der Waals surface area (Å²) in [7, 11) is 0. The molecule has 0 fully saturated rings. The van der Waals surface area contributed by atoms with Gasteiger partial charge in [0.15, 0.2) is 5.13 Å². The van der Waals surface area contributed by atoms with Crippen molar-refractivity contribution in [2.24, 2.45) is 0 Å². The summed E-state index contributed by atoms with van der Waals surface area (Å²) in [5, 5.41) is 11.5. The fourth-order valence-corrected chi connectivity index (χ4v) is 4.15. The van der Waals surface area contributed by atoms with E-state index in [0.29, 0.717) is 22.2 Å². The zero-order valence-corrected chi connectivity index (χ0v) is 19.0. The average molecular weight is 512 g/mol. The molecule has 3 aromatic rings. The van der Waals surface area contributed by atoms with Crippen LogP contribution in [0.1, 0.15) is 32.1 Å². The highest BCUT2D eigenvalue weighted by atomic mass is 32.2. The number of alkyl halides is 3. The number of nitrogens with one attached hydrogen (secondary N) is 1. The van der Waals surface area contributed by atoms with Crippen molar-refractivity contribution in [1.82, 2.24) is 10.3 Å². The number of aryl methyl sites for hydroxylation is 1. The van der Waals surface area contributed by atoms with Crippen LogP contribution in [0.4, 0.5) is 28.4 Å². The molecular weight excluding hydrogens is 496 g/mol. The lowest BCUT2D eigenvalue weighted by Crippen LogP contribution is -2.27. The predicted octanol–water partition coefficient (Wildman–Crippen LogP) is 4.39. The monoisotopic (exact) mass is 511 g/mol. The minimum absolute atomic E-state index is 0.0424. The third-order valence-electron chi connectivity index (χ3n) is 4.57. The van der Waals surface area contributed by atoms with Gasteiger partial charge in [0.1, 0.15) is 11.5 Å². The number of nitriles is 1. The van der Waals surface area contributed by atoms with E-state index < -0.39 is 40.4 Å². The van der Waals surface area contributed by atoms with Crippen LogP contribution >= 0.6 is 11.3 Å². The van der Waals surface area contributed by atoms with Gasteiger partial charge in [0, 0.05) is 10.6 Å². The smallest absolute Gasteiger partial charge is 0.419 e. The number of carbonyl (C=O) groups is 1. The van der Waals surface area contributed by atoms with Crippen molar-refractivity contribution >= 4 is 39.1 Å². The quantitative estimate of drug-likeness (QED) is 0.372. The summed E-state index contributed by atoms with van der Waals surface area (Å²) in [6, 6.07) is 10.7. The number of anilines is 2. The molecule has 13 heteroatoms. The normalized spacial score (nSPS) is 12.1. The zero-order valence-electron chi connectivity index (χ0n) is 17.4. The molecule has 0 spiro atoms. The Hall–Kier alpha value is -3.34. The largest absolute Gasteiger partial charge is 0.771 e. The molecule has 0 aliphatic rings. The first-order valence-corrected chi connectivity index (χ1v) is 11.5. The molecule has 2 aromatic carbocycles. The van der Waals surface area contributed by atoms with Crippen LogP contribution in [-0.4, -0.2) is 25.5 Å². The Kier molecular flexibility index (Phi) is 7.65. The molecule has 1 atom stereocenters. The molecule has 0 aliphatic heterocycles. The third-order valence-corrected chi connectivity index (χ3v) is 5.94. The van der Waals surface area contributed by atoms with Gasteiger partial charge in [-0.3, -0.25) is 9.00 Å². The minimum Gasteiger partial charge on any atom is -0.771 e. The lowest BCUT2D eigenvalue weighted by molar-refractivity contribution is -0.140. The fraction of sp³-hybridized carbons (Fsp3) is 0.190. The standard InChI is InChI=1S/C21H16F4N4O3S2/c1-12-18(19(30)27-11-34(31)32)28-20(33-12)29(15-5-2-13(9-26)3-6-15)10-14-4-7-17(22)16(8-14)21(23,24)25/h2-8H,10-11H2,1H3,(H,27,30)(H,31,32)/p-1. The highest BCUT2D eigenvalue weighted by Crippen LogP contribution is 2.35. The molecule has 1 aromatic heterocycles. The summed E-state index contributed by atoms with van der Waals surface area (Å²) in [6.45, 7) is 1.43. The Morgan fingerprint density at radius 2 is 1.94 bits per heavy atom. The fourth-order valence-electron chi connectivity index (χ4n) is 2.97. The molecule has 0 bridgehead atoms. The summed E-state index contributed by atoms with van der Waals surface area (Å²) < 4.78 is 74.8. The number of aromatic nitrogens is 1. The topological polar surface area (TPSA) is 109 Å². The summed E-state index contributed by atoms with van der Waals surface area (Å²) in [6.07, 6.45) is -4.88. The number of hydrogen-bond donors (Lipinski definition) is 1. The number of amides is 1. The molecular formula is C21H15F4N4O3S2-. The molecule has 7 nitrogen and oxygen atoms in total. The van der Waals surface area contributed by atoms with Crippen molar-refractivity contribution < 1.29 is 31.1 Å². The van der Waals surface area contributed by atoms with Gasteiger partial charge in [-0.2, -0.15) is 18.4 Å². The minimum atomic E-state index is -4.88. The van der Waals surface area contributed by atoms with Crippen molar-refractivity contribution in [2.75, 3.05) is 10.8 Å². The number of hydrogen-bond acceptors (Lipinski definition) is 7. The Bertz CT molecular complexity index is 1270. The highest BCUT2D eigenvalue weighted by molar-refractivity contribution is 7.79. The Labute approximate surface area is 197 Å². The van der Waals surface area contributed by atoms with Crippen LogP contribution in [0.5, 0.6) is 0 Å². The Morgan fingerprint density at radius 3 is 2.53 bits per heavy atom. The van der Waals surface area contributed by atoms with E-state index in [0.717, 1.165) is 17.4 Å². The summed E-state index contributed by atoms with van der Waals surface area (Å²) in [4.78, 5) is 18.5. The van der Waals surface area contributed by atoms with E-state index in [1.54, 1.807) is 19.1 Å². The number of carbonyl (C=O) groups excluding carboxylic acids is 1. The van der Waals surface area contributed by atoms with Crippen LogP contribution in [0.3, 0.4) is 0 Å². The third kappa shape index (κ3) is 5.96. The van der Waals surface area contributed by atoms with E-state index in [2.05, 4.69) is 10.3 Å². The van der Waals surface area contributed by atoms with Crippen molar-refractivity contribution in [1.29, 1.82) is 5.26 Å². The summed E-state index contributed by atoms with van der Waals surface area (Å²) >= 11 is -1.44. The van der Waals surface area contributed by atoms with Crippen molar-refractivity contribution in [3.8, 4) is 6.07 Å². The second-order valence-corrected chi connectivity index (χ2v) is 8.99. The van der Waals surface area contributed by atoms with Crippen LogP contribution in [0.15, 0.2) is 42.5 Å². The van der Waals surface area contributed by atoms with E-state index in [1.807, 2.05) is 6.07 Å². The van der Waals surface area contributed by atoms with Crippen molar-refractivity contribution in [3.63, 3.8) is 0 Å². The average Bonchev–Trinajstić information content (AvgIpc) is 3.17. The molecule has 0 radical (unpaired) electrons. The molecule has 0 aliphatic carbocycles. The number of rotatable bonds is 7.